The average molecular weight is 451 g/mol. The predicted octanol–water partition coefficient (Wildman–Crippen LogP) is 4.64. The van der Waals surface area contributed by atoms with Crippen molar-refractivity contribution in [1.29, 1.82) is 0 Å². The van der Waals surface area contributed by atoms with E-state index < -0.39 is 20.9 Å². The lowest BCUT2D eigenvalue weighted by atomic mass is 10.1. The van der Waals surface area contributed by atoms with Gasteiger partial charge in [0.25, 0.3) is 10.0 Å². The summed E-state index contributed by atoms with van der Waals surface area (Å²) >= 11 is 0.836. The minimum Gasteiger partial charge on any atom is -0.459 e. The minimum absolute atomic E-state index is 0.0561. The lowest BCUT2D eigenvalue weighted by molar-refractivity contribution is 0.0979. The van der Waals surface area contributed by atoms with E-state index in [0.29, 0.717) is 25.4 Å². The van der Waals surface area contributed by atoms with Crippen LogP contribution in [0.3, 0.4) is 0 Å². The Labute approximate surface area is 179 Å². The summed E-state index contributed by atoms with van der Waals surface area (Å²) in [5.41, 5.74) is 0.447. The van der Waals surface area contributed by atoms with Crippen LogP contribution in [0.5, 0.6) is 0 Å². The molecular formula is C22H13NO6S2. The molecule has 0 aliphatic carbocycles. The Kier molecular flexibility index (Phi) is 4.49. The number of hydrogen-bond donors (Lipinski definition) is 0. The van der Waals surface area contributed by atoms with Gasteiger partial charge in [-0.25, -0.2) is 13.2 Å². The molecule has 0 radical (unpaired) electrons. The largest absolute Gasteiger partial charge is 0.459 e. The second kappa shape index (κ2) is 7.22. The van der Waals surface area contributed by atoms with Crippen molar-refractivity contribution in [3.05, 3.63) is 94.6 Å². The highest BCUT2D eigenvalue weighted by atomic mass is 32.2. The molecule has 0 saturated carbocycles. The molecule has 0 unspecified atom stereocenters. The quantitative estimate of drug-likeness (QED) is 0.395. The van der Waals surface area contributed by atoms with Gasteiger partial charge < -0.3 is 8.83 Å². The summed E-state index contributed by atoms with van der Waals surface area (Å²) in [5, 5.41) is 0.963. The van der Waals surface area contributed by atoms with Gasteiger partial charge in [-0.05, 0) is 30.3 Å². The monoisotopic (exact) mass is 451 g/mol. The number of amides is 1. The molecule has 2 heterocycles. The molecule has 0 spiro atoms. The van der Waals surface area contributed by atoms with Gasteiger partial charge in [-0.3, -0.25) is 4.79 Å². The molecule has 3 aromatic carbocycles. The summed E-state index contributed by atoms with van der Waals surface area (Å²) in [7, 11) is -4.31. The number of rotatable bonds is 4. The van der Waals surface area contributed by atoms with Crippen LogP contribution in [-0.2, 0) is 10.0 Å². The first-order chi connectivity index (χ1) is 15.0. The van der Waals surface area contributed by atoms with Crippen molar-refractivity contribution in [1.82, 2.24) is 0 Å². The van der Waals surface area contributed by atoms with Crippen molar-refractivity contribution in [2.75, 3.05) is 4.31 Å². The van der Waals surface area contributed by atoms with Crippen LogP contribution in [0, 0.1) is 0 Å². The molecule has 0 N–H and O–H groups in total. The van der Waals surface area contributed by atoms with E-state index in [1.165, 1.54) is 36.6 Å². The standard InChI is InChI=1S/C22H13NO6S2/c24-21(18-11-6-12-28-18)23(31(26,27)14-7-2-1-3-8-14)17-13-19-20(29-22(25)30-19)16-10-5-4-9-15(16)17/h1-13H. The van der Waals surface area contributed by atoms with Crippen molar-refractivity contribution in [2.45, 2.75) is 4.90 Å². The summed E-state index contributed by atoms with van der Waals surface area (Å²) in [6.45, 7) is 0. The van der Waals surface area contributed by atoms with Gasteiger partial charge >= 0.3 is 10.8 Å². The Bertz CT molecular complexity index is 1580. The smallest absolute Gasteiger partial charge is 0.396 e. The van der Waals surface area contributed by atoms with Gasteiger partial charge in [0.2, 0.25) is 0 Å². The molecule has 31 heavy (non-hydrogen) atoms. The second-order valence-electron chi connectivity index (χ2n) is 6.59. The van der Waals surface area contributed by atoms with Crippen LogP contribution in [0.2, 0.25) is 0 Å². The number of carbonyl (C=O) groups is 1. The van der Waals surface area contributed by atoms with Gasteiger partial charge in [-0.1, -0.05) is 53.8 Å². The van der Waals surface area contributed by atoms with Crippen LogP contribution < -0.4 is 9.24 Å². The molecule has 7 nitrogen and oxygen atoms in total. The Morgan fingerprint density at radius 1 is 0.903 bits per heavy atom. The Morgan fingerprint density at radius 3 is 2.32 bits per heavy atom. The summed E-state index contributed by atoms with van der Waals surface area (Å²) in [6, 6.07) is 18.9. The summed E-state index contributed by atoms with van der Waals surface area (Å²) in [6.07, 6.45) is 1.30. The molecule has 1 amide bonds. The number of fused-ring (bicyclic) bond motifs is 3. The lowest BCUT2D eigenvalue weighted by Gasteiger charge is -2.23. The molecule has 0 saturated heterocycles. The predicted molar refractivity (Wildman–Crippen MR) is 117 cm³/mol. The van der Waals surface area contributed by atoms with Crippen LogP contribution in [0.4, 0.5) is 5.69 Å². The fourth-order valence-electron chi connectivity index (χ4n) is 3.39. The van der Waals surface area contributed by atoms with Crippen molar-refractivity contribution < 1.29 is 22.0 Å². The molecule has 5 rings (SSSR count). The molecule has 5 aromatic rings. The van der Waals surface area contributed by atoms with E-state index in [2.05, 4.69) is 0 Å². The molecule has 0 fully saturated rings. The number of benzene rings is 3. The summed E-state index contributed by atoms with van der Waals surface area (Å²) in [5.74, 6) is -0.988. The van der Waals surface area contributed by atoms with E-state index >= 15 is 0 Å². The normalized spacial score (nSPS) is 11.7. The number of anilines is 1. The van der Waals surface area contributed by atoms with Crippen LogP contribution in [-0.4, -0.2) is 14.3 Å². The fraction of sp³-hybridized carbons (Fsp3) is 0. The highest BCUT2D eigenvalue weighted by Crippen LogP contribution is 2.38. The van der Waals surface area contributed by atoms with E-state index in [0.717, 1.165) is 11.3 Å². The first kappa shape index (κ1) is 19.3. The first-order valence-electron chi connectivity index (χ1n) is 9.10. The maximum atomic E-state index is 13.6. The summed E-state index contributed by atoms with van der Waals surface area (Å²) < 4.78 is 38.9. The molecule has 0 bridgehead atoms. The zero-order valence-electron chi connectivity index (χ0n) is 15.7. The molecule has 0 aliphatic heterocycles. The number of carbonyl (C=O) groups excluding carboxylic acids is 1. The molecular weight excluding hydrogens is 438 g/mol. The minimum atomic E-state index is -4.31. The maximum absolute atomic E-state index is 13.6. The third kappa shape index (κ3) is 3.15. The molecule has 0 aliphatic rings. The SMILES string of the molecule is O=C(c1ccco1)N(c1cc2sc(=O)oc2c2ccccc12)S(=O)(=O)c1ccccc1. The van der Waals surface area contributed by atoms with Gasteiger partial charge in [-0.2, -0.15) is 4.31 Å². The number of hydrogen-bond acceptors (Lipinski definition) is 7. The highest BCUT2D eigenvalue weighted by molar-refractivity contribution is 7.93. The zero-order chi connectivity index (χ0) is 21.6. The van der Waals surface area contributed by atoms with E-state index in [9.17, 15) is 18.0 Å². The zero-order valence-corrected chi connectivity index (χ0v) is 17.4. The van der Waals surface area contributed by atoms with Crippen molar-refractivity contribution in [3.8, 4) is 0 Å². The topological polar surface area (TPSA) is 97.8 Å². The van der Waals surface area contributed by atoms with E-state index in [1.54, 1.807) is 42.5 Å². The van der Waals surface area contributed by atoms with E-state index in [-0.39, 0.29) is 16.3 Å². The van der Waals surface area contributed by atoms with Crippen LogP contribution >= 0.6 is 11.3 Å². The number of sulfonamides is 1. The molecule has 0 atom stereocenters. The maximum Gasteiger partial charge on any atom is 0.396 e. The van der Waals surface area contributed by atoms with Gasteiger partial charge in [0, 0.05) is 10.8 Å². The van der Waals surface area contributed by atoms with Gasteiger partial charge in [0.05, 0.1) is 21.5 Å². The van der Waals surface area contributed by atoms with E-state index in [4.69, 9.17) is 8.83 Å². The van der Waals surface area contributed by atoms with Crippen molar-refractivity contribution in [2.24, 2.45) is 0 Å². The van der Waals surface area contributed by atoms with Crippen LogP contribution in [0.15, 0.2) is 97.6 Å². The van der Waals surface area contributed by atoms with Gasteiger partial charge in [0.15, 0.2) is 11.3 Å². The molecule has 154 valence electrons. The Morgan fingerprint density at radius 2 is 1.61 bits per heavy atom. The Balaban J connectivity index is 1.86. The summed E-state index contributed by atoms with van der Waals surface area (Å²) in [4.78, 5) is 24.7. The lowest BCUT2D eigenvalue weighted by Crippen LogP contribution is -2.37. The van der Waals surface area contributed by atoms with Gasteiger partial charge in [-0.15, -0.1) is 0 Å². The average Bonchev–Trinajstić information content (AvgIpc) is 3.44. The van der Waals surface area contributed by atoms with E-state index in [1.807, 2.05) is 0 Å². The van der Waals surface area contributed by atoms with Gasteiger partial charge in [0.1, 0.15) is 0 Å². The second-order valence-corrected chi connectivity index (χ2v) is 9.35. The van der Waals surface area contributed by atoms with Crippen molar-refractivity contribution in [3.63, 3.8) is 0 Å². The number of nitrogens with zero attached hydrogens (tertiary/aromatic N) is 1. The molecule has 2 aromatic heterocycles. The Hall–Kier alpha value is -3.69. The molecule has 9 heteroatoms. The van der Waals surface area contributed by atoms with Crippen LogP contribution in [0.1, 0.15) is 10.6 Å². The van der Waals surface area contributed by atoms with Crippen molar-refractivity contribution >= 4 is 54.0 Å². The third-order valence-electron chi connectivity index (χ3n) is 4.73. The number of furan rings is 1. The highest BCUT2D eigenvalue weighted by Gasteiger charge is 2.35. The first-order valence-corrected chi connectivity index (χ1v) is 11.4. The fourth-order valence-corrected chi connectivity index (χ4v) is 5.54. The van der Waals surface area contributed by atoms with Crippen LogP contribution in [0.25, 0.3) is 21.1 Å². The third-order valence-corrected chi connectivity index (χ3v) is 7.22.